The molecule has 0 saturated heterocycles. The number of methoxy groups -OCH3 is 1. The molecule has 0 bridgehead atoms. The Balaban J connectivity index is 2.55. The molecule has 2 rings (SSSR count). The van der Waals surface area contributed by atoms with Crippen molar-refractivity contribution in [2.45, 2.75) is 6.92 Å². The Hall–Kier alpha value is -2.82. The highest BCUT2D eigenvalue weighted by atomic mass is 16.5. The van der Waals surface area contributed by atoms with Crippen molar-refractivity contribution < 1.29 is 24.5 Å². The predicted molar refractivity (Wildman–Crippen MR) is 75.7 cm³/mol. The van der Waals surface area contributed by atoms with Gasteiger partial charge in [-0.3, -0.25) is 4.79 Å². The second kappa shape index (κ2) is 5.66. The van der Waals surface area contributed by atoms with Gasteiger partial charge in [0.1, 0.15) is 17.1 Å². The van der Waals surface area contributed by atoms with Gasteiger partial charge in [-0.1, -0.05) is 12.1 Å². The summed E-state index contributed by atoms with van der Waals surface area (Å²) in [6, 6.07) is 8.83. The van der Waals surface area contributed by atoms with Crippen LogP contribution >= 0.6 is 0 Å². The fourth-order valence-corrected chi connectivity index (χ4v) is 2.00. The molecule has 0 amide bonds. The van der Waals surface area contributed by atoms with Crippen LogP contribution in [0.2, 0.25) is 0 Å². The van der Waals surface area contributed by atoms with Gasteiger partial charge in [0.05, 0.1) is 12.7 Å². The zero-order valence-electron chi connectivity index (χ0n) is 11.6. The Bertz CT molecular complexity index is 719. The minimum atomic E-state index is -0.734. The summed E-state index contributed by atoms with van der Waals surface area (Å²) in [6.45, 7) is 1.57. The van der Waals surface area contributed by atoms with Crippen molar-refractivity contribution in [2.24, 2.45) is 0 Å². The summed E-state index contributed by atoms with van der Waals surface area (Å²) < 4.78 is 4.58. The third-order valence-electron chi connectivity index (χ3n) is 3.12. The highest BCUT2D eigenvalue weighted by Crippen LogP contribution is 2.27. The van der Waals surface area contributed by atoms with Crippen LogP contribution in [0, 0.1) is 6.92 Å². The van der Waals surface area contributed by atoms with Gasteiger partial charge < -0.3 is 14.9 Å². The van der Waals surface area contributed by atoms with E-state index in [-0.39, 0.29) is 28.2 Å². The van der Waals surface area contributed by atoms with Crippen LogP contribution in [0.25, 0.3) is 0 Å². The lowest BCUT2D eigenvalue weighted by Gasteiger charge is -2.09. The number of ether oxygens (including phenoxy) is 1. The molecule has 0 aromatic heterocycles. The van der Waals surface area contributed by atoms with Gasteiger partial charge in [-0.25, -0.2) is 4.79 Å². The van der Waals surface area contributed by atoms with Crippen molar-refractivity contribution in [3.63, 3.8) is 0 Å². The van der Waals surface area contributed by atoms with E-state index in [1.807, 2.05) is 0 Å². The predicted octanol–water partition coefficient (Wildman–Crippen LogP) is 2.42. The quantitative estimate of drug-likeness (QED) is 0.668. The highest BCUT2D eigenvalue weighted by molar-refractivity contribution is 6.12. The molecule has 2 aromatic rings. The molecule has 2 aromatic carbocycles. The second-order valence-corrected chi connectivity index (χ2v) is 4.53. The SMILES string of the molecule is COC(=O)c1cc(C(=O)c2ccccc2O)cc(C)c1O. The molecular formula is C16H14O5. The van der Waals surface area contributed by atoms with Gasteiger partial charge in [0.25, 0.3) is 0 Å². The van der Waals surface area contributed by atoms with Crippen molar-refractivity contribution in [3.05, 3.63) is 58.7 Å². The molecule has 0 atom stereocenters. The summed E-state index contributed by atoms with van der Waals surface area (Å²) in [5.41, 5.74) is 0.596. The summed E-state index contributed by atoms with van der Waals surface area (Å²) in [7, 11) is 1.19. The van der Waals surface area contributed by atoms with E-state index in [1.165, 1.54) is 31.4 Å². The van der Waals surface area contributed by atoms with Crippen molar-refractivity contribution in [1.82, 2.24) is 0 Å². The smallest absolute Gasteiger partial charge is 0.341 e. The second-order valence-electron chi connectivity index (χ2n) is 4.53. The Morgan fingerprint density at radius 1 is 1.05 bits per heavy atom. The molecular weight excluding hydrogens is 272 g/mol. The first kappa shape index (κ1) is 14.6. The zero-order valence-corrected chi connectivity index (χ0v) is 11.6. The molecule has 0 unspecified atom stereocenters. The first-order chi connectivity index (χ1) is 9.95. The van der Waals surface area contributed by atoms with Crippen molar-refractivity contribution >= 4 is 11.8 Å². The van der Waals surface area contributed by atoms with Crippen molar-refractivity contribution in [3.8, 4) is 11.5 Å². The molecule has 0 heterocycles. The number of aromatic hydroxyl groups is 2. The van der Waals surface area contributed by atoms with E-state index in [0.717, 1.165) is 0 Å². The number of para-hydroxylation sites is 1. The van der Waals surface area contributed by atoms with Gasteiger partial charge in [-0.05, 0) is 36.8 Å². The number of aryl methyl sites for hydroxylation is 1. The molecule has 0 aliphatic carbocycles. The Kier molecular flexibility index (Phi) is 3.93. The van der Waals surface area contributed by atoms with Crippen LogP contribution in [-0.4, -0.2) is 29.1 Å². The molecule has 0 radical (unpaired) electrons. The van der Waals surface area contributed by atoms with Crippen molar-refractivity contribution in [1.29, 1.82) is 0 Å². The third kappa shape index (κ3) is 2.72. The van der Waals surface area contributed by atoms with Gasteiger partial charge in [0, 0.05) is 5.56 Å². The standard InChI is InChI=1S/C16H14O5/c1-9-7-10(8-12(14(9)18)16(20)21-2)15(19)11-5-3-4-6-13(11)17/h3-8,17-18H,1-2H3. The van der Waals surface area contributed by atoms with E-state index in [1.54, 1.807) is 19.1 Å². The van der Waals surface area contributed by atoms with E-state index in [9.17, 15) is 19.8 Å². The monoisotopic (exact) mass is 286 g/mol. The number of hydrogen-bond acceptors (Lipinski definition) is 5. The lowest BCUT2D eigenvalue weighted by molar-refractivity contribution is 0.0597. The normalized spacial score (nSPS) is 10.2. The fraction of sp³-hybridized carbons (Fsp3) is 0.125. The lowest BCUT2D eigenvalue weighted by atomic mass is 9.97. The minimum Gasteiger partial charge on any atom is -0.507 e. The van der Waals surface area contributed by atoms with E-state index in [0.29, 0.717) is 5.56 Å². The largest absolute Gasteiger partial charge is 0.507 e. The van der Waals surface area contributed by atoms with E-state index in [2.05, 4.69) is 4.74 Å². The maximum Gasteiger partial charge on any atom is 0.341 e. The topological polar surface area (TPSA) is 83.8 Å². The van der Waals surface area contributed by atoms with E-state index >= 15 is 0 Å². The number of ketones is 1. The molecule has 2 N–H and O–H groups in total. The Morgan fingerprint density at radius 2 is 1.71 bits per heavy atom. The zero-order chi connectivity index (χ0) is 15.6. The molecule has 0 saturated carbocycles. The van der Waals surface area contributed by atoms with Crippen LogP contribution in [-0.2, 0) is 4.74 Å². The number of esters is 1. The lowest BCUT2D eigenvalue weighted by Crippen LogP contribution is -2.07. The summed E-state index contributed by atoms with van der Waals surface area (Å²) in [5, 5.41) is 19.6. The Labute approximate surface area is 121 Å². The number of phenolic OH excluding ortho intramolecular Hbond substituents is 2. The number of carbonyl (C=O) groups excluding carboxylic acids is 2. The molecule has 0 aliphatic heterocycles. The summed E-state index contributed by atoms with van der Waals surface area (Å²) in [6.07, 6.45) is 0. The number of rotatable bonds is 3. The van der Waals surface area contributed by atoms with Gasteiger partial charge in [-0.15, -0.1) is 0 Å². The molecule has 5 nitrogen and oxygen atoms in total. The number of phenols is 2. The molecule has 0 fully saturated rings. The molecule has 0 spiro atoms. The first-order valence-corrected chi connectivity index (χ1v) is 6.20. The Morgan fingerprint density at radius 3 is 2.33 bits per heavy atom. The average Bonchev–Trinajstić information content (AvgIpc) is 2.49. The van der Waals surface area contributed by atoms with Gasteiger partial charge in [0.2, 0.25) is 0 Å². The first-order valence-electron chi connectivity index (χ1n) is 6.20. The van der Waals surface area contributed by atoms with Crippen LogP contribution in [0.4, 0.5) is 0 Å². The molecule has 108 valence electrons. The summed E-state index contributed by atoms with van der Waals surface area (Å²) >= 11 is 0. The number of hydrogen-bond donors (Lipinski definition) is 2. The van der Waals surface area contributed by atoms with Gasteiger partial charge in [0.15, 0.2) is 5.78 Å². The molecule has 0 aliphatic rings. The summed E-state index contributed by atoms with van der Waals surface area (Å²) in [5.74, 6) is -1.55. The molecule has 5 heteroatoms. The number of benzene rings is 2. The maximum absolute atomic E-state index is 12.4. The van der Waals surface area contributed by atoms with E-state index in [4.69, 9.17) is 0 Å². The van der Waals surface area contributed by atoms with Crippen LogP contribution in [0.1, 0.15) is 31.8 Å². The van der Waals surface area contributed by atoms with Crippen LogP contribution in [0.5, 0.6) is 11.5 Å². The molecule has 21 heavy (non-hydrogen) atoms. The van der Waals surface area contributed by atoms with Gasteiger partial charge >= 0.3 is 5.97 Å². The maximum atomic E-state index is 12.4. The fourth-order valence-electron chi connectivity index (χ4n) is 2.00. The highest BCUT2D eigenvalue weighted by Gasteiger charge is 2.20. The summed E-state index contributed by atoms with van der Waals surface area (Å²) in [4.78, 5) is 24.0. The van der Waals surface area contributed by atoms with E-state index < -0.39 is 11.8 Å². The van der Waals surface area contributed by atoms with Crippen LogP contribution in [0.15, 0.2) is 36.4 Å². The van der Waals surface area contributed by atoms with Gasteiger partial charge in [-0.2, -0.15) is 0 Å². The van der Waals surface area contributed by atoms with Crippen LogP contribution in [0.3, 0.4) is 0 Å². The third-order valence-corrected chi connectivity index (χ3v) is 3.12. The number of carbonyl (C=O) groups is 2. The average molecular weight is 286 g/mol. The minimum absolute atomic E-state index is 0.0868. The van der Waals surface area contributed by atoms with Crippen LogP contribution < -0.4 is 0 Å². The van der Waals surface area contributed by atoms with Crippen molar-refractivity contribution in [2.75, 3.05) is 7.11 Å².